The number of carbonyl (C=O) groups is 4. The van der Waals surface area contributed by atoms with Gasteiger partial charge in [0.2, 0.25) is 30.1 Å². The molecule has 3 aliphatic heterocycles. The minimum atomic E-state index is -3.73. The van der Waals surface area contributed by atoms with Crippen molar-refractivity contribution in [2.45, 2.75) is 206 Å². The van der Waals surface area contributed by atoms with Crippen molar-refractivity contribution >= 4 is 74.4 Å². The fourth-order valence-electron chi connectivity index (χ4n) is 14.6. The molecule has 3 saturated heterocycles. The zero-order chi connectivity index (χ0) is 92.2. The van der Waals surface area contributed by atoms with Gasteiger partial charge in [-0.1, -0.05) is 197 Å². The van der Waals surface area contributed by atoms with E-state index in [2.05, 4.69) is 33.9 Å². The van der Waals surface area contributed by atoms with E-state index in [4.69, 9.17) is 32.8 Å². The first-order valence-corrected chi connectivity index (χ1v) is 49.4. The van der Waals surface area contributed by atoms with Crippen LogP contribution in [0, 0.1) is 0 Å². The third-order valence-electron chi connectivity index (χ3n) is 23.7. The number of aromatic hydroxyl groups is 2. The maximum Gasteiger partial charge on any atom is 0.338 e. The molecule has 3 heterocycles. The highest BCUT2D eigenvalue weighted by molar-refractivity contribution is 7.93. The molecule has 2 atom stereocenters. The molecule has 0 aliphatic carbocycles. The summed E-state index contributed by atoms with van der Waals surface area (Å²) in [6, 6.07) is 45.7. The zero-order valence-electron chi connectivity index (χ0n) is 75.9. The van der Waals surface area contributed by atoms with Crippen LogP contribution in [0.3, 0.4) is 0 Å². The molecule has 0 saturated carbocycles. The molecule has 10 rings (SSSR count). The monoisotopic (exact) mass is 1780 g/mol. The number of sulfonamides is 3. The largest absolute Gasteiger partial charge is 0.507 e. The number of ether oxygens (including phenoxy) is 6. The van der Waals surface area contributed by atoms with Gasteiger partial charge in [0.15, 0.2) is 15.1 Å². The number of rotatable bonds is 32. The van der Waals surface area contributed by atoms with Gasteiger partial charge in [-0.3, -0.25) is 0 Å². The lowest BCUT2D eigenvalue weighted by Gasteiger charge is -2.41. The molecule has 7 aromatic rings. The highest BCUT2D eigenvalue weighted by atomic mass is 32.2. The lowest BCUT2D eigenvalue weighted by Crippen LogP contribution is -2.45. The van der Waals surface area contributed by atoms with Crippen molar-refractivity contribution in [2.75, 3.05) is 92.8 Å². The molecule has 676 valence electrons. The molecule has 0 aromatic heterocycles. The second kappa shape index (κ2) is 40.8. The van der Waals surface area contributed by atoms with Crippen molar-refractivity contribution in [1.29, 1.82) is 0 Å². The van der Waals surface area contributed by atoms with Crippen molar-refractivity contribution in [2.24, 2.45) is 0 Å². The van der Waals surface area contributed by atoms with Gasteiger partial charge in [-0.2, -0.15) is 8.61 Å². The molecule has 0 radical (unpaired) electrons. The number of phenols is 2. The molecule has 0 amide bonds. The van der Waals surface area contributed by atoms with Crippen molar-refractivity contribution in [1.82, 2.24) is 12.9 Å². The molecule has 24 nitrogen and oxygen atoms in total. The summed E-state index contributed by atoms with van der Waals surface area (Å²) in [6.45, 7) is 40.4. The summed E-state index contributed by atoms with van der Waals surface area (Å²) in [5.74, 6) is -1.45. The van der Waals surface area contributed by atoms with Crippen LogP contribution < -0.4 is 4.74 Å². The van der Waals surface area contributed by atoms with Gasteiger partial charge in [-0.15, -0.1) is 0 Å². The molecule has 124 heavy (non-hydrogen) atoms. The van der Waals surface area contributed by atoms with E-state index in [1.807, 2.05) is 106 Å². The predicted octanol–water partition coefficient (Wildman–Crippen LogP) is 16.8. The molecule has 0 bridgehead atoms. The first kappa shape index (κ1) is 100. The van der Waals surface area contributed by atoms with Gasteiger partial charge in [0, 0.05) is 112 Å². The van der Waals surface area contributed by atoms with Crippen molar-refractivity contribution < 1.29 is 97.7 Å². The number of esters is 4. The minimum Gasteiger partial charge on any atom is -0.507 e. The minimum absolute atomic E-state index is 0.0184. The molecule has 28 heteroatoms. The Morgan fingerprint density at radius 3 is 1.01 bits per heavy atom. The molecule has 7 aromatic carbocycles. The Balaban J connectivity index is 0.000000243. The summed E-state index contributed by atoms with van der Waals surface area (Å²) in [5, 5.41) is 41.0. The molecule has 0 unspecified atom stereocenters. The Morgan fingerprint density at radius 2 is 0.742 bits per heavy atom. The van der Waals surface area contributed by atoms with Crippen LogP contribution in [0.4, 0.5) is 0 Å². The van der Waals surface area contributed by atoms with E-state index in [9.17, 15) is 64.9 Å². The number of benzene rings is 7. The van der Waals surface area contributed by atoms with Gasteiger partial charge in [0.1, 0.15) is 48.9 Å². The Kier molecular flexibility index (Phi) is 33.1. The summed E-state index contributed by atoms with van der Waals surface area (Å²) in [5.41, 5.74) is 2.00. The third kappa shape index (κ3) is 23.8. The Labute approximate surface area is 736 Å². The second-order valence-corrected chi connectivity index (χ2v) is 48.1. The van der Waals surface area contributed by atoms with E-state index < -0.39 is 106 Å². The van der Waals surface area contributed by atoms with Crippen LogP contribution in [-0.4, -0.2) is 189 Å². The number of hydrogen-bond donors (Lipinski definition) is 4. The highest BCUT2D eigenvalue weighted by Gasteiger charge is 2.50. The van der Waals surface area contributed by atoms with Crippen molar-refractivity contribution in [3.8, 4) is 17.2 Å². The highest BCUT2D eigenvalue weighted by Crippen LogP contribution is 2.50. The van der Waals surface area contributed by atoms with E-state index in [-0.39, 0.29) is 63.0 Å². The standard InChI is InChI=1S/C42H59NO9SSi.C34H39NO7S.C20H31NO5S/c1-12-43-24-23-35(53(43,46)47)36(52-54(10,11)40(2,3)4)32-25-33(41(5,6)27-49-38(44)30-19-15-13-16-20-30)37(51-29-48-9)34(26-32)42(7,8)28-50-39(45)31-21-17-14-18-22-31;1-6-35-18-17-27(43(35,39)40)19-24-20-28(33(2,3)22-41-31(37)25-13-9-7-10-14-25)30(36)29(21-24)34(4,5)23-42-32(38)26-15-11-8-12-16-26;1-6-21-8-7-15(27(21,25)26)9-14-10-16(19(2,3)12-22)18(24)17(11-14)20(4,5)13-23/h13-22,25-26,35-36H,12,23-24,27-29H2,1-11H3;7-16,19-21,36H,6,17-18,22-23H2,1-5H3;9-11,22-24H,6-8,12-13H2,1-5H3/b;27-19+;15-9+/t35-,36-;;/m1../s1. The van der Waals surface area contributed by atoms with Gasteiger partial charge in [-0.05, 0) is 151 Å². The fourth-order valence-corrected chi connectivity index (χ4v) is 21.3. The molecule has 3 aliphatic rings. The number of hydrogen-bond acceptors (Lipinski definition) is 21. The zero-order valence-corrected chi connectivity index (χ0v) is 79.4. The lowest BCUT2D eigenvalue weighted by molar-refractivity contribution is 0.0363. The van der Waals surface area contributed by atoms with E-state index in [0.717, 1.165) is 0 Å². The van der Waals surface area contributed by atoms with E-state index >= 15 is 0 Å². The van der Waals surface area contributed by atoms with Crippen LogP contribution in [0.5, 0.6) is 17.2 Å². The summed E-state index contributed by atoms with van der Waals surface area (Å²) in [4.78, 5) is 52.4. The average Bonchev–Trinajstić information content (AvgIpc) is 1.27. The first-order chi connectivity index (χ1) is 57.8. The summed E-state index contributed by atoms with van der Waals surface area (Å²) < 4.78 is 126. The molecule has 4 N–H and O–H groups in total. The molecule has 0 spiro atoms. The lowest BCUT2D eigenvalue weighted by atomic mass is 9.76. The summed E-state index contributed by atoms with van der Waals surface area (Å²) >= 11 is 0. The van der Waals surface area contributed by atoms with E-state index in [1.54, 1.807) is 168 Å². The van der Waals surface area contributed by atoms with Crippen LogP contribution in [0.25, 0.3) is 12.2 Å². The Bertz CT molecular complexity index is 5100. The maximum absolute atomic E-state index is 14.2. The SMILES string of the molecule is CCN1CC/C(=C\c2cc(C(C)(C)CO)c(O)c(C(C)(C)CO)c2)S1(=O)=O.CCN1CC/C(=C\c2cc(C(C)(C)COC(=O)c3ccccc3)c(O)c(C(C)(C)COC(=O)c3ccccc3)c2)S1(=O)=O.CCN1CC[C@H]([C@H](O[Si](C)(C)C(C)(C)C)c2cc(C(C)(C)COC(=O)c3ccccc3)c(OCOC)c(C(C)(C)COC(=O)c3ccccc3)c2)S1(=O)=O. The molecule has 3 fully saturated rings. The normalized spacial score (nSPS) is 17.4. The number of aliphatic hydroxyl groups is 2. The van der Waals surface area contributed by atoms with Gasteiger partial charge in [0.25, 0.3) is 0 Å². The third-order valence-corrected chi connectivity index (χ3v) is 34.8. The summed E-state index contributed by atoms with van der Waals surface area (Å²) in [7, 11) is -11.8. The van der Waals surface area contributed by atoms with Gasteiger partial charge in [-0.25, -0.2) is 48.7 Å². The number of nitrogens with zero attached hydrogens (tertiary/aromatic N) is 3. The number of methoxy groups -OCH3 is 1. The van der Waals surface area contributed by atoms with Crippen LogP contribution in [0.1, 0.15) is 241 Å². The number of carbonyl (C=O) groups excluding carboxylic acids is 4. The van der Waals surface area contributed by atoms with E-state index in [0.29, 0.717) is 146 Å². The van der Waals surface area contributed by atoms with Gasteiger partial charge in [0.05, 0.1) is 51.4 Å². The van der Waals surface area contributed by atoms with Crippen molar-refractivity contribution in [3.05, 3.63) is 240 Å². The van der Waals surface area contributed by atoms with Gasteiger partial charge < -0.3 is 53.3 Å². The topological polar surface area (TPSA) is 326 Å². The smallest absolute Gasteiger partial charge is 0.338 e. The van der Waals surface area contributed by atoms with Crippen LogP contribution >= 0.6 is 0 Å². The molecular formula is C96H129N3O21S3Si. The number of aliphatic hydroxyl groups excluding tert-OH is 2. The average molecular weight is 1790 g/mol. The van der Waals surface area contributed by atoms with Crippen LogP contribution in [0.2, 0.25) is 18.1 Å². The molecular weight excluding hydrogens is 1660 g/mol. The van der Waals surface area contributed by atoms with Crippen LogP contribution in [-0.2, 0) is 90.7 Å². The van der Waals surface area contributed by atoms with E-state index in [1.165, 1.54) is 20.0 Å². The Hall–Kier alpha value is -8.91. The number of phenolic OH excluding ortho intramolecular Hbond substituents is 2. The maximum atomic E-state index is 14.2. The fraction of sp³-hybridized carbons (Fsp3) is 0.479. The van der Waals surface area contributed by atoms with Crippen LogP contribution in [0.15, 0.2) is 168 Å². The Morgan fingerprint density at radius 1 is 0.444 bits per heavy atom. The second-order valence-electron chi connectivity index (χ2n) is 37.2. The quantitative estimate of drug-likeness (QED) is 0.0132. The van der Waals surface area contributed by atoms with Crippen molar-refractivity contribution in [3.63, 3.8) is 0 Å². The predicted molar refractivity (Wildman–Crippen MR) is 488 cm³/mol. The van der Waals surface area contributed by atoms with Gasteiger partial charge >= 0.3 is 23.9 Å². The first-order valence-electron chi connectivity index (χ1n) is 42.1. The summed E-state index contributed by atoms with van der Waals surface area (Å²) in [6.07, 6.45) is 3.66.